The zero-order valence-electron chi connectivity index (χ0n) is 9.54. The van der Waals surface area contributed by atoms with Gasteiger partial charge < -0.3 is 10.1 Å². The Bertz CT molecular complexity index is 488. The fourth-order valence-electron chi connectivity index (χ4n) is 1.44. The van der Waals surface area contributed by atoms with E-state index in [0.29, 0.717) is 15.7 Å². The van der Waals surface area contributed by atoms with Crippen molar-refractivity contribution in [3.63, 3.8) is 0 Å². The normalized spacial score (nSPS) is 9.88. The minimum absolute atomic E-state index is 0.171. The standard InChI is InChI=1S/C10H11BrN2O4/c1-5-6(10(14)17-3)4-7(13(15)16)9(12-2)8(5)11/h4,12H,1-3H3. The number of benzene rings is 1. The molecule has 0 aliphatic heterocycles. The summed E-state index contributed by atoms with van der Waals surface area (Å²) in [6.45, 7) is 1.68. The highest BCUT2D eigenvalue weighted by Gasteiger charge is 2.24. The highest BCUT2D eigenvalue weighted by Crippen LogP contribution is 2.37. The Morgan fingerprint density at radius 1 is 1.59 bits per heavy atom. The minimum atomic E-state index is -0.603. The summed E-state index contributed by atoms with van der Waals surface area (Å²) in [6.07, 6.45) is 0. The van der Waals surface area contributed by atoms with Gasteiger partial charge in [0, 0.05) is 13.1 Å². The molecular weight excluding hydrogens is 292 g/mol. The Kier molecular flexibility index (Phi) is 4.06. The number of rotatable bonds is 3. The summed E-state index contributed by atoms with van der Waals surface area (Å²) in [5.74, 6) is -0.603. The molecule has 0 radical (unpaired) electrons. The lowest BCUT2D eigenvalue weighted by Gasteiger charge is -2.11. The van der Waals surface area contributed by atoms with E-state index in [1.165, 1.54) is 13.2 Å². The molecule has 6 nitrogen and oxygen atoms in total. The first-order valence-electron chi connectivity index (χ1n) is 4.67. The van der Waals surface area contributed by atoms with Gasteiger partial charge in [-0.1, -0.05) is 0 Å². The molecule has 0 amide bonds. The van der Waals surface area contributed by atoms with Crippen molar-refractivity contribution in [2.75, 3.05) is 19.5 Å². The van der Waals surface area contributed by atoms with Gasteiger partial charge in [-0.25, -0.2) is 4.79 Å². The van der Waals surface area contributed by atoms with Crippen molar-refractivity contribution in [1.82, 2.24) is 0 Å². The number of nitrogens with one attached hydrogen (secondary N) is 1. The Morgan fingerprint density at radius 3 is 2.59 bits per heavy atom. The van der Waals surface area contributed by atoms with Crippen LogP contribution in [0, 0.1) is 17.0 Å². The van der Waals surface area contributed by atoms with Crippen molar-refractivity contribution in [2.45, 2.75) is 6.92 Å². The van der Waals surface area contributed by atoms with Gasteiger partial charge in [0.25, 0.3) is 5.69 Å². The van der Waals surface area contributed by atoms with Crippen molar-refractivity contribution < 1.29 is 14.5 Å². The van der Waals surface area contributed by atoms with E-state index in [9.17, 15) is 14.9 Å². The molecule has 0 atom stereocenters. The van der Waals surface area contributed by atoms with E-state index in [4.69, 9.17) is 0 Å². The van der Waals surface area contributed by atoms with Crippen LogP contribution in [0.5, 0.6) is 0 Å². The van der Waals surface area contributed by atoms with Gasteiger partial charge in [0.15, 0.2) is 0 Å². The summed E-state index contributed by atoms with van der Waals surface area (Å²) in [5.41, 5.74) is 0.919. The quantitative estimate of drug-likeness (QED) is 0.527. The monoisotopic (exact) mass is 302 g/mol. The molecule has 0 fully saturated rings. The number of carbonyl (C=O) groups excluding carboxylic acids is 1. The summed E-state index contributed by atoms with van der Waals surface area (Å²) in [4.78, 5) is 21.8. The maximum absolute atomic E-state index is 11.5. The predicted molar refractivity (Wildman–Crippen MR) is 66.4 cm³/mol. The van der Waals surface area contributed by atoms with Crippen LogP contribution >= 0.6 is 15.9 Å². The molecule has 0 unspecified atom stereocenters. The summed E-state index contributed by atoms with van der Waals surface area (Å²) < 4.78 is 5.06. The number of hydrogen-bond acceptors (Lipinski definition) is 5. The first-order chi connectivity index (χ1) is 7.93. The smallest absolute Gasteiger partial charge is 0.338 e. The maximum atomic E-state index is 11.5. The second-order valence-electron chi connectivity index (χ2n) is 3.26. The molecule has 1 aromatic rings. The van der Waals surface area contributed by atoms with Crippen LogP contribution < -0.4 is 5.32 Å². The van der Waals surface area contributed by atoms with Gasteiger partial charge in [-0.05, 0) is 28.4 Å². The largest absolute Gasteiger partial charge is 0.465 e. The van der Waals surface area contributed by atoms with Crippen LogP contribution in [0.25, 0.3) is 0 Å². The zero-order chi connectivity index (χ0) is 13.2. The molecule has 0 saturated carbocycles. The third kappa shape index (κ3) is 2.38. The number of nitrogens with zero attached hydrogens (tertiary/aromatic N) is 1. The number of methoxy groups -OCH3 is 1. The summed E-state index contributed by atoms with van der Waals surface area (Å²) in [6, 6.07) is 1.21. The topological polar surface area (TPSA) is 81.5 Å². The number of carbonyl (C=O) groups is 1. The van der Waals surface area contributed by atoms with E-state index < -0.39 is 10.9 Å². The van der Waals surface area contributed by atoms with Crippen molar-refractivity contribution in [1.29, 1.82) is 0 Å². The maximum Gasteiger partial charge on any atom is 0.338 e. The van der Waals surface area contributed by atoms with Gasteiger partial charge in [0.1, 0.15) is 5.69 Å². The van der Waals surface area contributed by atoms with Gasteiger partial charge in [-0.15, -0.1) is 0 Å². The van der Waals surface area contributed by atoms with E-state index in [2.05, 4.69) is 26.0 Å². The second kappa shape index (κ2) is 5.13. The van der Waals surface area contributed by atoms with E-state index in [-0.39, 0.29) is 11.3 Å². The average molecular weight is 303 g/mol. The fraction of sp³-hybridized carbons (Fsp3) is 0.300. The molecule has 17 heavy (non-hydrogen) atoms. The molecule has 7 heteroatoms. The lowest BCUT2D eigenvalue weighted by atomic mass is 10.1. The van der Waals surface area contributed by atoms with Crippen LogP contribution in [-0.4, -0.2) is 25.1 Å². The Labute approximate surface area is 106 Å². The number of ether oxygens (including phenoxy) is 1. The molecule has 0 aliphatic rings. The average Bonchev–Trinajstić information content (AvgIpc) is 2.30. The molecule has 1 N–H and O–H groups in total. The molecule has 0 bridgehead atoms. The Balaban J connectivity index is 3.57. The lowest BCUT2D eigenvalue weighted by molar-refractivity contribution is -0.384. The second-order valence-corrected chi connectivity index (χ2v) is 4.05. The lowest BCUT2D eigenvalue weighted by Crippen LogP contribution is -2.08. The van der Waals surface area contributed by atoms with Gasteiger partial charge in [0.2, 0.25) is 0 Å². The molecule has 1 aromatic carbocycles. The van der Waals surface area contributed by atoms with Crippen LogP contribution in [0.3, 0.4) is 0 Å². The van der Waals surface area contributed by atoms with Gasteiger partial charge in [0.05, 0.1) is 22.1 Å². The first-order valence-corrected chi connectivity index (χ1v) is 5.46. The number of nitro benzene ring substituents is 1. The highest BCUT2D eigenvalue weighted by molar-refractivity contribution is 9.10. The predicted octanol–water partition coefficient (Wildman–Crippen LogP) is 2.49. The number of nitro groups is 1. The number of hydrogen-bond donors (Lipinski definition) is 1. The number of esters is 1. The van der Waals surface area contributed by atoms with E-state index in [1.54, 1.807) is 14.0 Å². The SMILES string of the molecule is CNc1c([N+](=O)[O-])cc(C(=O)OC)c(C)c1Br. The van der Waals surface area contributed by atoms with Crippen LogP contribution in [0.4, 0.5) is 11.4 Å². The van der Waals surface area contributed by atoms with Crippen LogP contribution in [0.2, 0.25) is 0 Å². The molecule has 0 saturated heterocycles. The van der Waals surface area contributed by atoms with E-state index in [1.807, 2.05) is 0 Å². The minimum Gasteiger partial charge on any atom is -0.465 e. The van der Waals surface area contributed by atoms with Crippen LogP contribution in [-0.2, 0) is 4.74 Å². The molecule has 1 rings (SSSR count). The van der Waals surface area contributed by atoms with Gasteiger partial charge >= 0.3 is 5.97 Å². The van der Waals surface area contributed by atoms with Crippen LogP contribution in [0.1, 0.15) is 15.9 Å². The van der Waals surface area contributed by atoms with E-state index >= 15 is 0 Å². The number of anilines is 1. The molecule has 0 heterocycles. The van der Waals surface area contributed by atoms with Crippen LogP contribution in [0.15, 0.2) is 10.5 Å². The number of halogens is 1. The van der Waals surface area contributed by atoms with Gasteiger partial charge in [-0.3, -0.25) is 10.1 Å². The van der Waals surface area contributed by atoms with Crippen molar-refractivity contribution in [3.8, 4) is 0 Å². The van der Waals surface area contributed by atoms with E-state index in [0.717, 1.165) is 0 Å². The third-order valence-electron chi connectivity index (χ3n) is 2.34. The third-order valence-corrected chi connectivity index (χ3v) is 3.33. The Hall–Kier alpha value is -1.63. The Morgan fingerprint density at radius 2 is 2.18 bits per heavy atom. The molecule has 0 spiro atoms. The van der Waals surface area contributed by atoms with Crippen molar-refractivity contribution >= 4 is 33.3 Å². The molecule has 92 valence electrons. The first kappa shape index (κ1) is 13.4. The zero-order valence-corrected chi connectivity index (χ0v) is 11.1. The fourth-order valence-corrected chi connectivity index (χ4v) is 2.05. The highest BCUT2D eigenvalue weighted by atomic mass is 79.9. The van der Waals surface area contributed by atoms with Gasteiger partial charge in [-0.2, -0.15) is 0 Å². The summed E-state index contributed by atoms with van der Waals surface area (Å²) in [5, 5.41) is 13.6. The van der Waals surface area contributed by atoms with Crippen molar-refractivity contribution in [3.05, 3.63) is 31.8 Å². The molecular formula is C10H11BrN2O4. The molecule has 0 aromatic heterocycles. The molecule has 0 aliphatic carbocycles. The van der Waals surface area contributed by atoms with Crippen molar-refractivity contribution in [2.24, 2.45) is 0 Å². The summed E-state index contributed by atoms with van der Waals surface area (Å²) in [7, 11) is 2.80. The summed E-state index contributed by atoms with van der Waals surface area (Å²) >= 11 is 3.23.